The number of hydrogen-bond acceptors (Lipinski definition) is 7. The van der Waals surface area contributed by atoms with Crippen molar-refractivity contribution in [3.8, 4) is 0 Å². The fourth-order valence-corrected chi connectivity index (χ4v) is 8.76. The van der Waals surface area contributed by atoms with Crippen molar-refractivity contribution in [2.75, 3.05) is 30.8 Å². The molecule has 1 heterocycles. The second-order valence-corrected chi connectivity index (χ2v) is 17.1. The van der Waals surface area contributed by atoms with Crippen molar-refractivity contribution in [1.29, 1.82) is 0 Å². The van der Waals surface area contributed by atoms with Crippen LogP contribution < -0.4 is 21.3 Å². The van der Waals surface area contributed by atoms with E-state index in [4.69, 9.17) is 0 Å². The minimum absolute atomic E-state index is 0.00909. The Balaban J connectivity index is 1.13. The van der Waals surface area contributed by atoms with Gasteiger partial charge in [0.25, 0.3) is 0 Å². The summed E-state index contributed by atoms with van der Waals surface area (Å²) in [7, 11) is -2.53. The lowest BCUT2D eigenvalue weighted by Crippen LogP contribution is -2.53. The molecular weight excluding hydrogens is 797 g/mol. The Morgan fingerprint density at radius 1 is 0.869 bits per heavy atom. The van der Waals surface area contributed by atoms with E-state index in [1.807, 2.05) is 81.5 Å². The summed E-state index contributed by atoms with van der Waals surface area (Å²) in [5, 5.41) is 20.8. The number of carbonyl (C=O) groups excluding carboxylic acids is 4. The first-order valence-electron chi connectivity index (χ1n) is 20.3. The maximum absolute atomic E-state index is 13.7. The molecule has 0 bridgehead atoms. The molecule has 0 saturated carbocycles. The SMILES string of the molecule is CCC(C)[C@@H](C(=O)NCC[C@H](NC(=O)[C@@H]1CCCN1S(=O)(=O)c1ccc(/C=C/c2ccccc2)cc1)C(=O)O)N(C)C(=O)Cc1ccc(NC(=O)Nc2ccccc2C)cc1. The number of aryl methyl sites for hydroxylation is 1. The van der Waals surface area contributed by atoms with E-state index >= 15 is 0 Å². The summed E-state index contributed by atoms with van der Waals surface area (Å²) in [6.45, 7) is 5.60. The number of urea groups is 1. The zero-order chi connectivity index (χ0) is 44.1. The molecule has 5 rings (SSSR count). The molecule has 14 nitrogen and oxygen atoms in total. The van der Waals surface area contributed by atoms with Gasteiger partial charge in [0.05, 0.1) is 11.3 Å². The van der Waals surface area contributed by atoms with Crippen molar-refractivity contribution in [1.82, 2.24) is 19.8 Å². The van der Waals surface area contributed by atoms with Crippen LogP contribution in [0.2, 0.25) is 0 Å². The Bertz CT molecular complexity index is 2300. The largest absolute Gasteiger partial charge is 0.480 e. The first kappa shape index (κ1) is 45.8. The molecule has 1 aliphatic heterocycles. The minimum Gasteiger partial charge on any atom is -0.480 e. The van der Waals surface area contributed by atoms with Gasteiger partial charge in [-0.15, -0.1) is 0 Å². The van der Waals surface area contributed by atoms with E-state index in [9.17, 15) is 37.5 Å². The third-order valence-corrected chi connectivity index (χ3v) is 12.8. The number of para-hydroxylation sites is 1. The molecule has 15 heteroatoms. The van der Waals surface area contributed by atoms with Crippen molar-refractivity contribution in [2.45, 2.75) is 75.9 Å². The van der Waals surface area contributed by atoms with Gasteiger partial charge in [-0.05, 0) is 84.7 Å². The van der Waals surface area contributed by atoms with Crippen LogP contribution in [-0.2, 0) is 35.6 Å². The number of rotatable bonds is 18. The summed E-state index contributed by atoms with van der Waals surface area (Å²) in [6.07, 6.45) is 4.80. The topological polar surface area (TPSA) is 194 Å². The summed E-state index contributed by atoms with van der Waals surface area (Å²) in [6, 6.07) is 26.4. The molecule has 4 aromatic carbocycles. The van der Waals surface area contributed by atoms with E-state index in [1.54, 1.807) is 49.5 Å². The average molecular weight is 851 g/mol. The van der Waals surface area contributed by atoms with Gasteiger partial charge < -0.3 is 31.3 Å². The van der Waals surface area contributed by atoms with Gasteiger partial charge in [0.1, 0.15) is 18.1 Å². The average Bonchev–Trinajstić information content (AvgIpc) is 3.76. The zero-order valence-electron chi connectivity index (χ0n) is 34.8. The molecule has 61 heavy (non-hydrogen) atoms. The molecule has 0 spiro atoms. The molecule has 5 amide bonds. The molecule has 322 valence electrons. The Morgan fingerprint density at radius 2 is 1.51 bits per heavy atom. The van der Waals surface area contributed by atoms with Crippen LogP contribution in [0.4, 0.5) is 16.2 Å². The van der Waals surface area contributed by atoms with Gasteiger partial charge in [-0.2, -0.15) is 4.31 Å². The molecule has 4 aromatic rings. The Hall–Kier alpha value is -6.32. The lowest BCUT2D eigenvalue weighted by Gasteiger charge is -2.32. The highest BCUT2D eigenvalue weighted by molar-refractivity contribution is 7.89. The third-order valence-electron chi connectivity index (χ3n) is 10.8. The molecule has 0 radical (unpaired) electrons. The lowest BCUT2D eigenvalue weighted by molar-refractivity contribution is -0.142. The van der Waals surface area contributed by atoms with Crippen molar-refractivity contribution < 1.29 is 37.5 Å². The fraction of sp³-hybridized carbons (Fsp3) is 0.326. The molecule has 0 aliphatic carbocycles. The second kappa shape index (κ2) is 21.3. The number of nitrogens with zero attached hydrogens (tertiary/aromatic N) is 2. The number of amides is 5. The summed E-state index contributed by atoms with van der Waals surface area (Å²) in [5.74, 6) is -3.12. The number of aliphatic carboxylic acids is 1. The van der Waals surface area contributed by atoms with Crippen molar-refractivity contribution in [3.05, 3.63) is 125 Å². The monoisotopic (exact) mass is 850 g/mol. The van der Waals surface area contributed by atoms with Crippen molar-refractivity contribution >= 4 is 63.3 Å². The minimum atomic E-state index is -4.08. The van der Waals surface area contributed by atoms with E-state index in [0.717, 1.165) is 21.0 Å². The van der Waals surface area contributed by atoms with E-state index in [2.05, 4.69) is 21.3 Å². The van der Waals surface area contributed by atoms with Gasteiger partial charge in [0.2, 0.25) is 27.7 Å². The quantitative estimate of drug-likeness (QED) is 0.0736. The third kappa shape index (κ3) is 12.4. The van der Waals surface area contributed by atoms with Gasteiger partial charge in [0.15, 0.2) is 0 Å². The standard InChI is InChI=1S/C46H54N6O8S/c1-5-31(2)42(51(4)41(53)30-35-19-23-36(24-20-35)48-46(58)50-38-15-10-9-12-32(38)3)44(55)47-28-27-39(45(56)57)49-43(54)40-16-11-29-52(40)61(59,60)37-25-21-34(22-26-37)18-17-33-13-7-6-8-14-33/h6-10,12-15,17-26,31,39-40,42H,5,11,16,27-30H2,1-4H3,(H,47,55)(H,49,54)(H,56,57)(H2,48,50,58)/b18-17+/t31?,39-,40-,42-/m0/s1. The normalized spacial score (nSPS) is 15.6. The number of carboxylic acid groups (broad SMARTS) is 1. The molecule has 1 fully saturated rings. The second-order valence-electron chi connectivity index (χ2n) is 15.2. The van der Waals surface area contributed by atoms with Crippen LogP contribution in [0.1, 0.15) is 61.8 Å². The van der Waals surface area contributed by atoms with Gasteiger partial charge >= 0.3 is 12.0 Å². The molecule has 1 unspecified atom stereocenters. The molecule has 1 saturated heterocycles. The molecular formula is C46H54N6O8S. The fourth-order valence-electron chi connectivity index (χ4n) is 7.10. The maximum Gasteiger partial charge on any atom is 0.326 e. The van der Waals surface area contributed by atoms with E-state index < -0.39 is 52.0 Å². The number of benzene rings is 4. The Labute approximate surface area is 357 Å². The van der Waals surface area contributed by atoms with E-state index in [0.29, 0.717) is 29.8 Å². The summed E-state index contributed by atoms with van der Waals surface area (Å²) in [4.78, 5) is 66.7. The number of likely N-dealkylation sites (N-methyl/N-ethyl adjacent to an activating group) is 1. The Kier molecular flexibility index (Phi) is 16.0. The van der Waals surface area contributed by atoms with Crippen LogP contribution in [0, 0.1) is 12.8 Å². The molecule has 0 aromatic heterocycles. The van der Waals surface area contributed by atoms with Crippen molar-refractivity contribution in [2.24, 2.45) is 5.92 Å². The molecule has 1 aliphatic rings. The number of carboxylic acids is 1. The van der Waals surface area contributed by atoms with E-state index in [1.165, 1.54) is 17.0 Å². The lowest BCUT2D eigenvalue weighted by atomic mass is 9.96. The van der Waals surface area contributed by atoms with Crippen LogP contribution in [0.5, 0.6) is 0 Å². The first-order valence-corrected chi connectivity index (χ1v) is 21.8. The van der Waals surface area contributed by atoms with Crippen LogP contribution in [0.25, 0.3) is 12.2 Å². The van der Waals surface area contributed by atoms with Gasteiger partial charge in [-0.3, -0.25) is 14.4 Å². The Morgan fingerprint density at radius 3 is 2.15 bits per heavy atom. The zero-order valence-corrected chi connectivity index (χ0v) is 35.7. The number of carbonyl (C=O) groups is 5. The van der Waals surface area contributed by atoms with Gasteiger partial charge in [-0.1, -0.05) is 105 Å². The van der Waals surface area contributed by atoms with Crippen LogP contribution in [0.15, 0.2) is 108 Å². The number of nitrogens with one attached hydrogen (secondary N) is 4. The first-order chi connectivity index (χ1) is 29.2. The smallest absolute Gasteiger partial charge is 0.326 e. The number of anilines is 2. The van der Waals surface area contributed by atoms with Crippen LogP contribution in [-0.4, -0.2) is 90.7 Å². The number of sulfonamides is 1. The predicted octanol–water partition coefficient (Wildman–Crippen LogP) is 6.15. The summed E-state index contributed by atoms with van der Waals surface area (Å²) >= 11 is 0. The summed E-state index contributed by atoms with van der Waals surface area (Å²) in [5.41, 5.74) is 4.60. The highest BCUT2D eigenvalue weighted by Gasteiger charge is 2.40. The van der Waals surface area contributed by atoms with Gasteiger partial charge in [0, 0.05) is 31.5 Å². The highest BCUT2D eigenvalue weighted by Crippen LogP contribution is 2.27. The predicted molar refractivity (Wildman–Crippen MR) is 236 cm³/mol. The molecule has 5 N–H and O–H groups in total. The van der Waals surface area contributed by atoms with Crippen molar-refractivity contribution in [3.63, 3.8) is 0 Å². The number of hydrogen-bond donors (Lipinski definition) is 5. The van der Waals surface area contributed by atoms with Gasteiger partial charge in [-0.25, -0.2) is 18.0 Å². The maximum atomic E-state index is 13.7. The summed E-state index contributed by atoms with van der Waals surface area (Å²) < 4.78 is 28.5. The van der Waals surface area contributed by atoms with E-state index in [-0.39, 0.29) is 49.1 Å². The van der Waals surface area contributed by atoms with Crippen LogP contribution >= 0.6 is 0 Å². The van der Waals surface area contributed by atoms with Crippen LogP contribution in [0.3, 0.4) is 0 Å². The molecule has 4 atom stereocenters. The highest BCUT2D eigenvalue weighted by atomic mass is 32.2.